The molecular formula is C33H37N7O2. The summed E-state index contributed by atoms with van der Waals surface area (Å²) in [4.78, 5) is 29.5. The fourth-order valence-corrected chi connectivity index (χ4v) is 6.50. The molecule has 0 bridgehead atoms. The van der Waals surface area contributed by atoms with Gasteiger partial charge in [-0.2, -0.15) is 5.10 Å². The lowest BCUT2D eigenvalue weighted by Gasteiger charge is -2.54. The maximum atomic E-state index is 12.7. The Kier molecular flexibility index (Phi) is 6.22. The Morgan fingerprint density at radius 2 is 1.83 bits per heavy atom. The van der Waals surface area contributed by atoms with Crippen molar-refractivity contribution in [3.63, 3.8) is 0 Å². The summed E-state index contributed by atoms with van der Waals surface area (Å²) in [6, 6.07) is 14.3. The average Bonchev–Trinajstić information content (AvgIpc) is 3.62. The van der Waals surface area contributed by atoms with Crippen LogP contribution in [0.1, 0.15) is 52.2 Å². The van der Waals surface area contributed by atoms with Crippen molar-refractivity contribution >= 4 is 33.7 Å². The maximum Gasteiger partial charge on any atom is 0.227 e. The summed E-state index contributed by atoms with van der Waals surface area (Å²) >= 11 is 0. The van der Waals surface area contributed by atoms with Crippen LogP contribution in [0, 0.1) is 10.8 Å². The Morgan fingerprint density at radius 1 is 1.02 bits per heavy atom. The number of carbonyl (C=O) groups is 1. The third kappa shape index (κ3) is 4.66. The van der Waals surface area contributed by atoms with Gasteiger partial charge in [0.1, 0.15) is 29.0 Å². The van der Waals surface area contributed by atoms with E-state index in [4.69, 9.17) is 9.72 Å². The van der Waals surface area contributed by atoms with Crippen molar-refractivity contribution < 1.29 is 9.53 Å². The first-order valence-corrected chi connectivity index (χ1v) is 14.8. The van der Waals surface area contributed by atoms with Crippen LogP contribution in [0.15, 0.2) is 61.1 Å². The third-order valence-corrected chi connectivity index (χ3v) is 8.93. The molecule has 0 unspecified atom stereocenters. The number of hydrogen-bond acceptors (Lipinski definition) is 6. The second-order valence-corrected chi connectivity index (χ2v) is 13.0. The zero-order valence-corrected chi connectivity index (χ0v) is 24.6. The van der Waals surface area contributed by atoms with E-state index in [9.17, 15) is 4.79 Å². The van der Waals surface area contributed by atoms with Gasteiger partial charge >= 0.3 is 0 Å². The molecule has 0 saturated carbocycles. The number of anilines is 1. The molecule has 9 nitrogen and oxygen atoms in total. The van der Waals surface area contributed by atoms with Crippen LogP contribution >= 0.6 is 0 Å². The predicted molar refractivity (Wildman–Crippen MR) is 164 cm³/mol. The summed E-state index contributed by atoms with van der Waals surface area (Å²) in [5, 5.41) is 9.83. The molecule has 2 aliphatic heterocycles. The molecule has 1 amide bonds. The number of fused-ring (bicyclic) bond motifs is 2. The number of piperidine rings is 1. The molecule has 216 valence electrons. The Labute approximate surface area is 245 Å². The van der Waals surface area contributed by atoms with Gasteiger partial charge in [0.15, 0.2) is 0 Å². The summed E-state index contributed by atoms with van der Waals surface area (Å²) in [5.41, 5.74) is 4.70. The van der Waals surface area contributed by atoms with Gasteiger partial charge in [0.05, 0.1) is 5.52 Å². The Hall–Kier alpha value is -4.40. The van der Waals surface area contributed by atoms with E-state index in [1.54, 1.807) is 6.20 Å². The van der Waals surface area contributed by atoms with Gasteiger partial charge in [-0.25, -0.2) is 9.97 Å². The number of rotatable bonds is 5. The van der Waals surface area contributed by atoms with Crippen LogP contribution in [0.4, 0.5) is 5.82 Å². The third-order valence-electron chi connectivity index (χ3n) is 8.93. The Balaban J connectivity index is 1.03. The number of pyridine rings is 2. The zero-order chi connectivity index (χ0) is 29.1. The zero-order valence-electron chi connectivity index (χ0n) is 24.6. The molecule has 1 aromatic carbocycles. The highest BCUT2D eigenvalue weighted by molar-refractivity contribution is 5.93. The van der Waals surface area contributed by atoms with Crippen LogP contribution in [-0.4, -0.2) is 62.1 Å². The molecule has 5 aromatic rings. The summed E-state index contributed by atoms with van der Waals surface area (Å²) in [6.45, 7) is 11.8. The average molecular weight is 564 g/mol. The molecule has 4 aromatic heterocycles. The highest BCUT2D eigenvalue weighted by atomic mass is 16.5. The van der Waals surface area contributed by atoms with Gasteiger partial charge in [-0.05, 0) is 62.2 Å². The lowest BCUT2D eigenvalue weighted by molar-refractivity contribution is -0.142. The first-order valence-electron chi connectivity index (χ1n) is 14.8. The van der Waals surface area contributed by atoms with Crippen molar-refractivity contribution in [3.05, 3.63) is 66.6 Å². The van der Waals surface area contributed by atoms with Crippen LogP contribution in [0.5, 0.6) is 5.75 Å². The van der Waals surface area contributed by atoms with Crippen molar-refractivity contribution in [1.82, 2.24) is 30.0 Å². The number of ether oxygens (including phenoxy) is 1. The minimum absolute atomic E-state index is 0.147. The minimum Gasteiger partial charge on any atom is -0.486 e. The molecule has 0 aliphatic carbocycles. The van der Waals surface area contributed by atoms with E-state index in [0.29, 0.717) is 5.41 Å². The molecule has 2 N–H and O–H groups in total. The van der Waals surface area contributed by atoms with Crippen molar-refractivity contribution in [2.24, 2.45) is 10.8 Å². The van der Waals surface area contributed by atoms with E-state index >= 15 is 0 Å². The molecular weight excluding hydrogens is 526 g/mol. The number of H-pyrrole nitrogens is 2. The van der Waals surface area contributed by atoms with Crippen LogP contribution in [0.3, 0.4) is 0 Å². The number of amides is 1. The highest BCUT2D eigenvalue weighted by Crippen LogP contribution is 2.43. The first kappa shape index (κ1) is 26.5. The Morgan fingerprint density at radius 3 is 2.57 bits per heavy atom. The van der Waals surface area contributed by atoms with Gasteiger partial charge < -0.3 is 19.5 Å². The largest absolute Gasteiger partial charge is 0.486 e. The summed E-state index contributed by atoms with van der Waals surface area (Å²) in [7, 11) is 0. The van der Waals surface area contributed by atoms with Crippen molar-refractivity contribution in [3.8, 4) is 17.0 Å². The molecule has 2 aliphatic rings. The standard InChI is InChI=1S/C33H37N7O2/c1-21(24-9-13-34-30-25(24)10-14-35-30)42-23-6-7-27-26(17-23)29(38-37-27)22-5-8-28(36-18-22)40-19-33(20-40)11-15-39(16-12-33)31(41)32(2,3)4/h5-10,13-14,17-18,21H,11-12,15-16,19-20H2,1-4H3,(H,34,35)(H,37,38)/t21-/m1/s1. The van der Waals surface area contributed by atoms with E-state index < -0.39 is 0 Å². The minimum atomic E-state index is -0.315. The molecule has 0 radical (unpaired) electrons. The fourth-order valence-electron chi connectivity index (χ4n) is 6.50. The first-order chi connectivity index (χ1) is 20.2. The van der Waals surface area contributed by atoms with Crippen molar-refractivity contribution in [2.45, 2.75) is 46.6 Å². The van der Waals surface area contributed by atoms with E-state index in [1.165, 1.54) is 0 Å². The topological polar surface area (TPSA) is 103 Å². The summed E-state index contributed by atoms with van der Waals surface area (Å²) in [6.07, 6.45) is 7.59. The molecule has 1 spiro atoms. The molecule has 9 heteroatoms. The molecule has 7 rings (SSSR count). The second-order valence-electron chi connectivity index (χ2n) is 13.0. The van der Waals surface area contributed by atoms with Crippen molar-refractivity contribution in [2.75, 3.05) is 31.1 Å². The van der Waals surface area contributed by atoms with Gasteiger partial charge in [0.2, 0.25) is 5.91 Å². The number of aromatic amines is 2. The van der Waals surface area contributed by atoms with Gasteiger partial charge in [-0.1, -0.05) is 20.8 Å². The highest BCUT2D eigenvalue weighted by Gasteiger charge is 2.46. The van der Waals surface area contributed by atoms with Crippen LogP contribution in [0.25, 0.3) is 33.2 Å². The fraction of sp³-hybridized carbons (Fsp3) is 0.394. The Bertz CT molecular complexity index is 1750. The molecule has 1 atom stereocenters. The SMILES string of the molecule is C[C@@H](Oc1ccc2[nH]nc(-c3ccc(N4CC5(CCN(C(=O)C(C)(C)C)CC5)C4)nc3)c2c1)c1ccnc2[nH]ccc12. The smallest absolute Gasteiger partial charge is 0.227 e. The predicted octanol–water partition coefficient (Wildman–Crippen LogP) is 6.12. The maximum absolute atomic E-state index is 12.7. The normalized spacial score (nSPS) is 17.5. The van der Waals surface area contributed by atoms with Gasteiger partial charge in [-0.15, -0.1) is 0 Å². The van der Waals surface area contributed by atoms with Crippen LogP contribution in [-0.2, 0) is 4.79 Å². The lowest BCUT2D eigenvalue weighted by Crippen LogP contribution is -2.61. The summed E-state index contributed by atoms with van der Waals surface area (Å²) in [5.74, 6) is 2.03. The molecule has 2 fully saturated rings. The van der Waals surface area contributed by atoms with E-state index in [-0.39, 0.29) is 17.4 Å². The van der Waals surface area contributed by atoms with Crippen molar-refractivity contribution in [1.29, 1.82) is 0 Å². The summed E-state index contributed by atoms with van der Waals surface area (Å²) < 4.78 is 6.38. The van der Waals surface area contributed by atoms with Gasteiger partial charge in [0.25, 0.3) is 0 Å². The second kappa shape index (κ2) is 9.86. The molecule has 2 saturated heterocycles. The number of hydrogen-bond donors (Lipinski definition) is 2. The lowest BCUT2D eigenvalue weighted by atomic mass is 9.71. The number of carbonyl (C=O) groups excluding carboxylic acids is 1. The number of nitrogens with one attached hydrogen (secondary N) is 2. The molecule has 6 heterocycles. The van der Waals surface area contributed by atoms with Crippen LogP contribution in [0.2, 0.25) is 0 Å². The number of benzene rings is 1. The number of aromatic nitrogens is 5. The monoisotopic (exact) mass is 563 g/mol. The van der Waals surface area contributed by atoms with E-state index in [0.717, 1.165) is 89.3 Å². The quantitative estimate of drug-likeness (QED) is 0.267. The number of nitrogens with zero attached hydrogens (tertiary/aromatic N) is 5. The van der Waals surface area contributed by atoms with E-state index in [2.05, 4.69) is 44.1 Å². The molecule has 42 heavy (non-hydrogen) atoms. The van der Waals surface area contributed by atoms with Crippen LogP contribution < -0.4 is 9.64 Å². The van der Waals surface area contributed by atoms with Gasteiger partial charge in [0, 0.05) is 77.5 Å². The number of likely N-dealkylation sites (tertiary alicyclic amines) is 1. The van der Waals surface area contributed by atoms with E-state index in [1.807, 2.05) is 68.4 Å². The van der Waals surface area contributed by atoms with Gasteiger partial charge in [-0.3, -0.25) is 9.89 Å².